The Morgan fingerprint density at radius 3 is 2.57 bits per heavy atom. The van der Waals surface area contributed by atoms with Gasteiger partial charge in [-0.1, -0.05) is 18.2 Å². The number of fused-ring (bicyclic) bond motifs is 1. The van der Waals surface area contributed by atoms with E-state index in [-0.39, 0.29) is 18.4 Å². The van der Waals surface area contributed by atoms with Gasteiger partial charge in [-0.05, 0) is 19.9 Å². The van der Waals surface area contributed by atoms with E-state index < -0.39 is 12.7 Å². The fraction of sp³-hybridized carbons (Fsp3) is 0.400. The Morgan fingerprint density at radius 1 is 1.29 bits per heavy atom. The Morgan fingerprint density at radius 2 is 1.95 bits per heavy atom. The molecule has 1 aromatic carbocycles. The van der Waals surface area contributed by atoms with E-state index >= 15 is 0 Å². The monoisotopic (exact) mass is 299 g/mol. The number of rotatable bonds is 5. The highest BCUT2D eigenvalue weighted by atomic mass is 19.4. The topological polar surface area (TPSA) is 33.5 Å². The second kappa shape index (κ2) is 5.89. The average Bonchev–Trinajstić information content (AvgIpc) is 2.80. The molecule has 0 radical (unpaired) electrons. The normalized spacial score (nSPS) is 12.5. The van der Waals surface area contributed by atoms with Gasteiger partial charge in [0.25, 0.3) is 0 Å². The number of carbonyl (C=O) groups excluding carboxylic acids is 1. The van der Waals surface area contributed by atoms with E-state index in [4.69, 9.17) is 4.42 Å². The number of benzene rings is 1. The minimum atomic E-state index is -4.33. The molecule has 0 saturated heterocycles. The number of Topliss-reactive ketones (excluding diaryl/α,β-unsaturated/α-hetero) is 1. The van der Waals surface area contributed by atoms with E-state index in [0.717, 1.165) is 4.90 Å². The summed E-state index contributed by atoms with van der Waals surface area (Å²) in [5, 5.41) is 0.623. The summed E-state index contributed by atoms with van der Waals surface area (Å²) in [6, 6.07) is 6.57. The van der Waals surface area contributed by atoms with Gasteiger partial charge in [0.2, 0.25) is 0 Å². The predicted molar refractivity (Wildman–Crippen MR) is 73.3 cm³/mol. The number of alkyl halides is 3. The van der Waals surface area contributed by atoms with Gasteiger partial charge in [-0.3, -0.25) is 9.69 Å². The van der Waals surface area contributed by atoms with Crippen molar-refractivity contribution in [2.45, 2.75) is 26.1 Å². The standard InChI is InChI=1S/C15H16F3NO2/c1-10(2)19(9-15(16,17)18)7-13(20)12-8-21-14-6-4-3-5-11(12)14/h3-6,8,10H,7,9H2,1-2H3. The van der Waals surface area contributed by atoms with Crippen LogP contribution >= 0.6 is 0 Å². The molecular weight excluding hydrogens is 283 g/mol. The molecule has 0 aliphatic carbocycles. The van der Waals surface area contributed by atoms with E-state index in [1.54, 1.807) is 38.1 Å². The molecule has 0 N–H and O–H groups in total. The van der Waals surface area contributed by atoms with Crippen LogP contribution in [0, 0.1) is 0 Å². The Hall–Kier alpha value is -1.82. The first kappa shape index (κ1) is 15.6. The summed E-state index contributed by atoms with van der Waals surface area (Å²) >= 11 is 0. The van der Waals surface area contributed by atoms with Gasteiger partial charge < -0.3 is 4.42 Å². The lowest BCUT2D eigenvalue weighted by atomic mass is 10.1. The van der Waals surface area contributed by atoms with Crippen LogP contribution in [0.5, 0.6) is 0 Å². The quantitative estimate of drug-likeness (QED) is 0.785. The highest BCUT2D eigenvalue weighted by molar-refractivity contribution is 6.08. The zero-order valence-corrected chi connectivity index (χ0v) is 11.8. The zero-order valence-electron chi connectivity index (χ0n) is 11.8. The molecule has 0 bridgehead atoms. The second-order valence-electron chi connectivity index (χ2n) is 5.18. The fourth-order valence-corrected chi connectivity index (χ4v) is 2.11. The van der Waals surface area contributed by atoms with Crippen LogP contribution in [-0.2, 0) is 0 Å². The van der Waals surface area contributed by atoms with Crippen LogP contribution in [0.3, 0.4) is 0 Å². The first-order valence-corrected chi connectivity index (χ1v) is 6.58. The van der Waals surface area contributed by atoms with Crippen LogP contribution in [-0.4, -0.2) is 36.0 Å². The molecule has 1 aromatic heterocycles. The first-order valence-electron chi connectivity index (χ1n) is 6.58. The fourth-order valence-electron chi connectivity index (χ4n) is 2.11. The predicted octanol–water partition coefficient (Wildman–Crippen LogP) is 3.89. The molecule has 0 spiro atoms. The van der Waals surface area contributed by atoms with Crippen LogP contribution in [0.1, 0.15) is 24.2 Å². The lowest BCUT2D eigenvalue weighted by molar-refractivity contribution is -0.148. The maximum atomic E-state index is 12.5. The average molecular weight is 299 g/mol. The van der Waals surface area contributed by atoms with E-state index in [0.29, 0.717) is 16.5 Å². The van der Waals surface area contributed by atoms with Crippen LogP contribution in [0.2, 0.25) is 0 Å². The summed E-state index contributed by atoms with van der Waals surface area (Å²) in [4.78, 5) is 13.4. The molecule has 21 heavy (non-hydrogen) atoms. The molecule has 0 aliphatic rings. The van der Waals surface area contributed by atoms with Crippen molar-refractivity contribution >= 4 is 16.8 Å². The van der Waals surface area contributed by atoms with Gasteiger partial charge >= 0.3 is 6.18 Å². The van der Waals surface area contributed by atoms with E-state index in [1.807, 2.05) is 0 Å². The van der Waals surface area contributed by atoms with Gasteiger partial charge in [-0.25, -0.2) is 0 Å². The van der Waals surface area contributed by atoms with E-state index in [9.17, 15) is 18.0 Å². The number of para-hydroxylation sites is 1. The summed E-state index contributed by atoms with van der Waals surface area (Å²) in [5.74, 6) is -0.377. The number of hydrogen-bond acceptors (Lipinski definition) is 3. The Bertz CT molecular complexity index is 631. The zero-order chi connectivity index (χ0) is 15.6. The van der Waals surface area contributed by atoms with Crippen LogP contribution in [0.25, 0.3) is 11.0 Å². The third kappa shape index (κ3) is 3.85. The lowest BCUT2D eigenvalue weighted by Gasteiger charge is -2.26. The maximum absolute atomic E-state index is 12.5. The second-order valence-corrected chi connectivity index (χ2v) is 5.18. The number of hydrogen-bond donors (Lipinski definition) is 0. The summed E-state index contributed by atoms with van der Waals surface area (Å²) in [5.41, 5.74) is 0.867. The molecule has 3 nitrogen and oxygen atoms in total. The lowest BCUT2D eigenvalue weighted by Crippen LogP contribution is -2.42. The molecule has 6 heteroatoms. The molecule has 2 aromatic rings. The largest absolute Gasteiger partial charge is 0.464 e. The third-order valence-electron chi connectivity index (χ3n) is 3.24. The SMILES string of the molecule is CC(C)N(CC(=O)c1coc2ccccc12)CC(F)(F)F. The van der Waals surface area contributed by atoms with Crippen LogP contribution < -0.4 is 0 Å². The van der Waals surface area contributed by atoms with Crippen molar-refractivity contribution in [3.63, 3.8) is 0 Å². The van der Waals surface area contributed by atoms with Crippen molar-refractivity contribution in [2.24, 2.45) is 0 Å². The molecule has 0 fully saturated rings. The maximum Gasteiger partial charge on any atom is 0.401 e. The Labute approximate surface area is 120 Å². The molecule has 0 atom stereocenters. The van der Waals surface area contributed by atoms with Crippen molar-refractivity contribution in [3.8, 4) is 0 Å². The van der Waals surface area contributed by atoms with Crippen molar-refractivity contribution in [1.82, 2.24) is 4.90 Å². The number of carbonyl (C=O) groups is 1. The number of furan rings is 1. The summed E-state index contributed by atoms with van der Waals surface area (Å²) in [6.07, 6.45) is -3.03. The summed E-state index contributed by atoms with van der Waals surface area (Å²) < 4.78 is 42.9. The minimum Gasteiger partial charge on any atom is -0.464 e. The third-order valence-corrected chi connectivity index (χ3v) is 3.24. The van der Waals surface area contributed by atoms with Crippen LogP contribution in [0.4, 0.5) is 13.2 Å². The first-order chi connectivity index (χ1) is 9.78. The molecule has 0 aliphatic heterocycles. The Balaban J connectivity index is 2.19. The van der Waals surface area contributed by atoms with Gasteiger partial charge in [0.05, 0.1) is 18.7 Å². The van der Waals surface area contributed by atoms with Crippen molar-refractivity contribution in [3.05, 3.63) is 36.1 Å². The number of halogens is 3. The van der Waals surface area contributed by atoms with Gasteiger partial charge in [-0.2, -0.15) is 13.2 Å². The molecule has 114 valence electrons. The van der Waals surface area contributed by atoms with Gasteiger partial charge in [-0.15, -0.1) is 0 Å². The molecule has 0 amide bonds. The van der Waals surface area contributed by atoms with Gasteiger partial charge in [0, 0.05) is 11.4 Å². The van der Waals surface area contributed by atoms with E-state index in [1.165, 1.54) is 6.26 Å². The molecule has 2 rings (SSSR count). The number of nitrogens with zero attached hydrogens (tertiary/aromatic N) is 1. The van der Waals surface area contributed by atoms with Crippen molar-refractivity contribution in [2.75, 3.05) is 13.1 Å². The smallest absolute Gasteiger partial charge is 0.401 e. The number of ketones is 1. The molecular formula is C15H16F3NO2. The van der Waals surface area contributed by atoms with Crippen molar-refractivity contribution < 1.29 is 22.4 Å². The van der Waals surface area contributed by atoms with Crippen molar-refractivity contribution in [1.29, 1.82) is 0 Å². The van der Waals surface area contributed by atoms with E-state index in [2.05, 4.69) is 0 Å². The summed E-state index contributed by atoms with van der Waals surface area (Å²) in [7, 11) is 0. The van der Waals surface area contributed by atoms with Crippen LogP contribution in [0.15, 0.2) is 34.9 Å². The van der Waals surface area contributed by atoms with Gasteiger partial charge in [0.1, 0.15) is 11.8 Å². The minimum absolute atomic E-state index is 0.291. The molecule has 0 unspecified atom stereocenters. The highest BCUT2D eigenvalue weighted by Crippen LogP contribution is 2.23. The summed E-state index contributed by atoms with van der Waals surface area (Å²) in [6.45, 7) is 1.87. The van der Waals surface area contributed by atoms with Gasteiger partial charge in [0.15, 0.2) is 5.78 Å². The highest BCUT2D eigenvalue weighted by Gasteiger charge is 2.33. The molecule has 0 saturated carbocycles. The molecule has 1 heterocycles. The Kier molecular flexibility index (Phi) is 4.37.